The molecule has 54 valence electrons. The molecule has 1 aliphatic carbocycles. The van der Waals surface area contributed by atoms with Gasteiger partial charge in [0, 0.05) is 4.88 Å². The first-order valence-corrected chi connectivity index (χ1v) is 4.68. The van der Waals surface area contributed by atoms with Crippen molar-refractivity contribution in [3.8, 4) is 0 Å². The van der Waals surface area contributed by atoms with Gasteiger partial charge in [-0.2, -0.15) is 0 Å². The van der Waals surface area contributed by atoms with E-state index >= 15 is 0 Å². The summed E-state index contributed by atoms with van der Waals surface area (Å²) in [6.07, 6.45) is 3.90. The van der Waals surface area contributed by atoms with Crippen molar-refractivity contribution < 1.29 is 0 Å². The zero-order chi connectivity index (χ0) is 6.97. The minimum Gasteiger partial charge on any atom is -0.249 e. The fourth-order valence-corrected chi connectivity index (χ4v) is 2.51. The molecule has 1 unspecified atom stereocenters. The Morgan fingerprint density at radius 2 is 2.60 bits per heavy atom. The second kappa shape index (κ2) is 2.35. The number of thiazole rings is 1. The van der Waals surface area contributed by atoms with Crippen LogP contribution in [-0.2, 0) is 6.42 Å². The number of rotatable bonds is 0. The highest BCUT2D eigenvalue weighted by Gasteiger charge is 2.17. The molecule has 0 N–H and O–H groups in total. The summed E-state index contributed by atoms with van der Waals surface area (Å²) < 4.78 is 0. The molecule has 1 nitrogen and oxygen atoms in total. The number of nitrogens with zero attached hydrogens (tertiary/aromatic N) is 1. The highest BCUT2D eigenvalue weighted by molar-refractivity contribution is 7.09. The molecule has 10 heavy (non-hydrogen) atoms. The molecule has 0 spiro atoms. The Balaban J connectivity index is 2.41. The van der Waals surface area contributed by atoms with Crippen LogP contribution in [0.3, 0.4) is 0 Å². The molecule has 1 aromatic rings. The quantitative estimate of drug-likeness (QED) is 0.558. The Morgan fingerprint density at radius 1 is 1.70 bits per heavy atom. The van der Waals surface area contributed by atoms with Gasteiger partial charge in [-0.15, -0.1) is 11.3 Å². The van der Waals surface area contributed by atoms with Gasteiger partial charge >= 0.3 is 0 Å². The highest BCUT2D eigenvalue weighted by atomic mass is 32.1. The average Bonchev–Trinajstić information content (AvgIpc) is 2.36. The molecule has 0 fully saturated rings. The summed E-state index contributed by atoms with van der Waals surface area (Å²) >= 11 is 1.82. The van der Waals surface area contributed by atoms with Crippen LogP contribution in [0.15, 0.2) is 5.51 Å². The summed E-state index contributed by atoms with van der Waals surface area (Å²) in [4.78, 5) is 5.86. The molecule has 0 aliphatic heterocycles. The first kappa shape index (κ1) is 6.35. The summed E-state index contributed by atoms with van der Waals surface area (Å²) in [7, 11) is 0. The van der Waals surface area contributed by atoms with E-state index in [2.05, 4.69) is 11.9 Å². The predicted octanol–water partition coefficient (Wildman–Crippen LogP) is 2.58. The molecule has 0 amide bonds. The molecule has 0 saturated carbocycles. The van der Waals surface area contributed by atoms with Crippen LogP contribution < -0.4 is 0 Å². The van der Waals surface area contributed by atoms with Gasteiger partial charge in [0.1, 0.15) is 0 Å². The van der Waals surface area contributed by atoms with Gasteiger partial charge in [-0.25, -0.2) is 4.98 Å². The van der Waals surface area contributed by atoms with E-state index in [1.807, 2.05) is 16.8 Å². The van der Waals surface area contributed by atoms with Crippen LogP contribution in [0.1, 0.15) is 36.3 Å². The minimum absolute atomic E-state index is 0.774. The third-order valence-electron chi connectivity index (χ3n) is 2.17. The van der Waals surface area contributed by atoms with Gasteiger partial charge in [-0.3, -0.25) is 0 Å². The van der Waals surface area contributed by atoms with Crippen molar-refractivity contribution in [3.63, 3.8) is 0 Å². The zero-order valence-electron chi connectivity index (χ0n) is 6.13. The molecule has 1 aromatic heterocycles. The van der Waals surface area contributed by atoms with Gasteiger partial charge in [0.25, 0.3) is 0 Å². The number of fused-ring (bicyclic) bond motifs is 1. The van der Waals surface area contributed by atoms with Gasteiger partial charge < -0.3 is 0 Å². The Morgan fingerprint density at radius 3 is 3.40 bits per heavy atom. The van der Waals surface area contributed by atoms with Crippen molar-refractivity contribution in [3.05, 3.63) is 16.1 Å². The van der Waals surface area contributed by atoms with Gasteiger partial charge in [0.15, 0.2) is 0 Å². The number of hydrogen-bond donors (Lipinski definition) is 0. The average molecular weight is 153 g/mol. The maximum Gasteiger partial charge on any atom is 0.0797 e. The molecular weight excluding hydrogens is 142 g/mol. The summed E-state index contributed by atoms with van der Waals surface area (Å²) in [5, 5.41) is 0. The van der Waals surface area contributed by atoms with E-state index in [0.717, 1.165) is 5.92 Å². The molecule has 1 atom stereocenters. The van der Waals surface area contributed by atoms with E-state index in [9.17, 15) is 0 Å². The van der Waals surface area contributed by atoms with E-state index in [4.69, 9.17) is 0 Å². The lowest BCUT2D eigenvalue weighted by Crippen LogP contribution is -2.03. The summed E-state index contributed by atoms with van der Waals surface area (Å²) in [6, 6.07) is 0. The second-order valence-electron chi connectivity index (χ2n) is 2.96. The summed E-state index contributed by atoms with van der Waals surface area (Å²) in [6.45, 7) is 2.30. The standard InChI is InChI=1S/C8H11NS/c1-6-3-2-4-7-8(6)10-5-9-7/h5-6H,2-4H2,1H3. The van der Waals surface area contributed by atoms with Gasteiger partial charge in [0.05, 0.1) is 11.2 Å². The first-order chi connectivity index (χ1) is 4.88. The fraction of sp³-hybridized carbons (Fsp3) is 0.625. The van der Waals surface area contributed by atoms with Crippen LogP contribution in [0.2, 0.25) is 0 Å². The number of hydrogen-bond acceptors (Lipinski definition) is 2. The molecule has 0 radical (unpaired) electrons. The van der Waals surface area contributed by atoms with Crippen LogP contribution in [0.4, 0.5) is 0 Å². The zero-order valence-corrected chi connectivity index (χ0v) is 6.95. The second-order valence-corrected chi connectivity index (χ2v) is 3.84. The van der Waals surface area contributed by atoms with Gasteiger partial charge in [-0.05, 0) is 25.2 Å². The van der Waals surface area contributed by atoms with Gasteiger partial charge in [0.2, 0.25) is 0 Å². The van der Waals surface area contributed by atoms with E-state index in [0.29, 0.717) is 0 Å². The molecule has 1 heterocycles. The topological polar surface area (TPSA) is 12.9 Å². The van der Waals surface area contributed by atoms with Crippen molar-refractivity contribution in [1.29, 1.82) is 0 Å². The molecule has 2 rings (SSSR count). The first-order valence-electron chi connectivity index (χ1n) is 3.80. The van der Waals surface area contributed by atoms with E-state index in [1.165, 1.54) is 29.8 Å². The molecule has 0 aromatic carbocycles. The third-order valence-corrected chi connectivity index (χ3v) is 3.27. The summed E-state index contributed by atoms with van der Waals surface area (Å²) in [5.74, 6) is 0.774. The number of aromatic nitrogens is 1. The van der Waals surface area contributed by atoms with Crippen LogP contribution in [0.5, 0.6) is 0 Å². The van der Waals surface area contributed by atoms with Gasteiger partial charge in [-0.1, -0.05) is 6.92 Å². The van der Waals surface area contributed by atoms with E-state index in [1.54, 1.807) is 0 Å². The van der Waals surface area contributed by atoms with Crippen molar-refractivity contribution in [1.82, 2.24) is 4.98 Å². The highest BCUT2D eigenvalue weighted by Crippen LogP contribution is 2.32. The van der Waals surface area contributed by atoms with E-state index < -0.39 is 0 Å². The lowest BCUT2D eigenvalue weighted by molar-refractivity contribution is 0.592. The Labute approximate surface area is 65.1 Å². The Kier molecular flexibility index (Phi) is 1.49. The monoisotopic (exact) mass is 153 g/mol. The smallest absolute Gasteiger partial charge is 0.0797 e. The predicted molar refractivity (Wildman–Crippen MR) is 43.5 cm³/mol. The van der Waals surface area contributed by atoms with Crippen molar-refractivity contribution in [2.45, 2.75) is 32.1 Å². The lowest BCUT2D eigenvalue weighted by Gasteiger charge is -2.15. The van der Waals surface area contributed by atoms with Crippen LogP contribution >= 0.6 is 11.3 Å². The molecule has 0 saturated heterocycles. The largest absolute Gasteiger partial charge is 0.249 e. The molecule has 1 aliphatic rings. The molecular formula is C8H11NS. The molecule has 2 heteroatoms. The van der Waals surface area contributed by atoms with Crippen LogP contribution in [0, 0.1) is 0 Å². The normalized spacial score (nSPS) is 24.3. The van der Waals surface area contributed by atoms with Crippen molar-refractivity contribution in [2.75, 3.05) is 0 Å². The Bertz CT molecular complexity index is 229. The minimum atomic E-state index is 0.774. The van der Waals surface area contributed by atoms with Crippen molar-refractivity contribution in [2.24, 2.45) is 0 Å². The van der Waals surface area contributed by atoms with Crippen LogP contribution in [-0.4, -0.2) is 4.98 Å². The maximum absolute atomic E-state index is 4.33. The molecule has 0 bridgehead atoms. The maximum atomic E-state index is 4.33. The summed E-state index contributed by atoms with van der Waals surface area (Å²) in [5.41, 5.74) is 3.34. The fourth-order valence-electron chi connectivity index (χ4n) is 1.57. The third kappa shape index (κ3) is 0.870. The van der Waals surface area contributed by atoms with E-state index in [-0.39, 0.29) is 0 Å². The lowest BCUT2D eigenvalue weighted by atomic mass is 9.94. The van der Waals surface area contributed by atoms with Crippen LogP contribution in [0.25, 0.3) is 0 Å². The SMILES string of the molecule is CC1CCCc2ncsc21. The van der Waals surface area contributed by atoms with Crippen molar-refractivity contribution >= 4 is 11.3 Å². The number of aryl methyl sites for hydroxylation is 1. The Hall–Kier alpha value is -0.370.